The van der Waals surface area contributed by atoms with Crippen molar-refractivity contribution < 1.29 is 46.6 Å². The van der Waals surface area contributed by atoms with Crippen molar-refractivity contribution in [3.05, 3.63) is 100 Å². The quantitative estimate of drug-likeness (QED) is 0.123. The molecule has 0 fully saturated rings. The first-order valence-electron chi connectivity index (χ1n) is 11.5. The van der Waals surface area contributed by atoms with E-state index in [4.69, 9.17) is 18.9 Å². The molecule has 0 aliphatic rings. The smallest absolute Gasteiger partial charge is 0.432 e. The van der Waals surface area contributed by atoms with Gasteiger partial charge in [0, 0.05) is 18.7 Å². The third-order valence-corrected chi connectivity index (χ3v) is 7.25. The van der Waals surface area contributed by atoms with E-state index in [1.165, 1.54) is 73.8 Å². The fraction of sp³-hybridized carbons (Fsp3) is 0.259. The molecule has 9 nitrogen and oxygen atoms in total. The minimum absolute atomic E-state index is 0.0650. The summed E-state index contributed by atoms with van der Waals surface area (Å²) in [5.41, 5.74) is -4.21. The zero-order valence-electron chi connectivity index (χ0n) is 21.4. The number of nitro groups is 1. The standard InChI is InChI=1S/C27H24F3NO8S/c1-36-19-15-13-17(14-16-19)23(40-21-12-8-7-11-20(21)31(34)35)22(24(32)37-2)39-25(33)26(38-3,27(28,29)30)18-9-5-4-6-10-18/h4-16,22-23H,1-3H3/t22-,23+,26-/m1/s1. The average molecular weight is 580 g/mol. The highest BCUT2D eigenvalue weighted by atomic mass is 32.2. The van der Waals surface area contributed by atoms with Gasteiger partial charge in [-0.1, -0.05) is 54.6 Å². The molecular weight excluding hydrogens is 555 g/mol. The predicted octanol–water partition coefficient (Wildman–Crippen LogP) is 5.63. The van der Waals surface area contributed by atoms with Gasteiger partial charge < -0.3 is 18.9 Å². The van der Waals surface area contributed by atoms with E-state index in [1.54, 1.807) is 0 Å². The number of methoxy groups -OCH3 is 3. The van der Waals surface area contributed by atoms with E-state index < -0.39 is 45.6 Å². The number of nitro benzene ring substituents is 1. The fourth-order valence-corrected chi connectivity index (χ4v) is 5.16. The van der Waals surface area contributed by atoms with Gasteiger partial charge >= 0.3 is 18.1 Å². The molecule has 0 radical (unpaired) electrons. The Kier molecular flexibility index (Phi) is 9.77. The van der Waals surface area contributed by atoms with Crippen LogP contribution >= 0.6 is 11.8 Å². The second-order valence-corrected chi connectivity index (χ2v) is 9.32. The van der Waals surface area contributed by atoms with E-state index in [9.17, 15) is 32.9 Å². The zero-order valence-corrected chi connectivity index (χ0v) is 22.2. The van der Waals surface area contributed by atoms with Gasteiger partial charge in [-0.2, -0.15) is 13.2 Å². The van der Waals surface area contributed by atoms with Crippen LogP contribution in [0.5, 0.6) is 5.75 Å². The van der Waals surface area contributed by atoms with Gasteiger partial charge in [-0.15, -0.1) is 11.8 Å². The Morgan fingerprint density at radius 3 is 2.02 bits per heavy atom. The van der Waals surface area contributed by atoms with Crippen molar-refractivity contribution in [2.75, 3.05) is 21.3 Å². The third kappa shape index (κ3) is 6.20. The lowest BCUT2D eigenvalue weighted by Gasteiger charge is -2.34. The van der Waals surface area contributed by atoms with Crippen LogP contribution in [0.1, 0.15) is 16.4 Å². The third-order valence-electron chi connectivity index (χ3n) is 5.88. The van der Waals surface area contributed by atoms with Crippen LogP contribution in [0.25, 0.3) is 0 Å². The lowest BCUT2D eigenvalue weighted by atomic mass is 9.92. The Morgan fingerprint density at radius 1 is 0.900 bits per heavy atom. The first kappa shape index (κ1) is 30.4. The number of thioether (sulfide) groups is 1. The van der Waals surface area contributed by atoms with E-state index in [2.05, 4.69) is 0 Å². The van der Waals surface area contributed by atoms with Gasteiger partial charge in [-0.05, 0) is 23.8 Å². The van der Waals surface area contributed by atoms with Gasteiger partial charge in [0.15, 0.2) is 0 Å². The monoisotopic (exact) mass is 579 g/mol. The van der Waals surface area contributed by atoms with Gasteiger partial charge in [-0.3, -0.25) is 10.1 Å². The molecule has 3 aromatic rings. The summed E-state index contributed by atoms with van der Waals surface area (Å²) in [5.74, 6) is -2.70. The van der Waals surface area contributed by atoms with Crippen LogP contribution < -0.4 is 4.74 Å². The zero-order chi connectivity index (χ0) is 29.5. The second kappa shape index (κ2) is 12.8. The molecule has 0 aromatic heterocycles. The number of alkyl halides is 3. The topological polar surface area (TPSA) is 114 Å². The summed E-state index contributed by atoms with van der Waals surface area (Å²) in [5, 5.41) is 10.4. The molecule has 0 heterocycles. The van der Waals surface area contributed by atoms with Gasteiger partial charge in [0.1, 0.15) is 5.75 Å². The van der Waals surface area contributed by atoms with Crippen molar-refractivity contribution in [1.82, 2.24) is 0 Å². The molecule has 3 aromatic carbocycles. The maximum atomic E-state index is 14.5. The summed E-state index contributed by atoms with van der Waals surface area (Å²) in [6, 6.07) is 17.6. The lowest BCUT2D eigenvalue weighted by Crippen LogP contribution is -2.53. The molecule has 13 heteroatoms. The van der Waals surface area contributed by atoms with E-state index in [0.717, 1.165) is 31.0 Å². The summed E-state index contributed by atoms with van der Waals surface area (Å²) >= 11 is 0.743. The average Bonchev–Trinajstić information content (AvgIpc) is 2.95. The van der Waals surface area contributed by atoms with Crippen molar-refractivity contribution in [3.8, 4) is 5.75 Å². The highest BCUT2D eigenvalue weighted by molar-refractivity contribution is 7.99. The summed E-state index contributed by atoms with van der Waals surface area (Å²) in [6.07, 6.45) is -7.29. The molecule has 0 bridgehead atoms. The van der Waals surface area contributed by atoms with Crippen LogP contribution in [0, 0.1) is 10.1 Å². The summed E-state index contributed by atoms with van der Waals surface area (Å²) in [6.45, 7) is 0. The lowest BCUT2D eigenvalue weighted by molar-refractivity contribution is -0.387. The molecule has 0 aliphatic carbocycles. The van der Waals surface area contributed by atoms with Crippen LogP contribution in [-0.2, 0) is 29.4 Å². The van der Waals surface area contributed by atoms with Crippen LogP contribution in [0.3, 0.4) is 0 Å². The summed E-state index contributed by atoms with van der Waals surface area (Å²) in [4.78, 5) is 37.5. The number of nitrogens with zero attached hydrogens (tertiary/aromatic N) is 1. The molecule has 0 saturated carbocycles. The largest absolute Gasteiger partial charge is 0.497 e. The Balaban J connectivity index is 2.16. The number of esters is 2. The van der Waals surface area contributed by atoms with Crippen molar-refractivity contribution in [2.24, 2.45) is 0 Å². The van der Waals surface area contributed by atoms with Crippen molar-refractivity contribution in [3.63, 3.8) is 0 Å². The summed E-state index contributed by atoms with van der Waals surface area (Å²) < 4.78 is 63.6. The maximum Gasteiger partial charge on any atom is 0.432 e. The Bertz CT molecular complexity index is 1340. The molecule has 0 saturated heterocycles. The number of rotatable bonds is 11. The highest BCUT2D eigenvalue weighted by Gasteiger charge is 2.64. The number of hydrogen-bond acceptors (Lipinski definition) is 9. The molecule has 0 amide bonds. The fourth-order valence-electron chi connectivity index (χ4n) is 3.88. The van der Waals surface area contributed by atoms with Gasteiger partial charge in [0.25, 0.3) is 11.3 Å². The molecule has 0 spiro atoms. The molecule has 3 atom stereocenters. The van der Waals surface area contributed by atoms with Crippen LogP contribution in [-0.4, -0.2) is 50.5 Å². The molecule has 0 N–H and O–H groups in total. The van der Waals surface area contributed by atoms with Crippen LogP contribution in [0.15, 0.2) is 83.8 Å². The van der Waals surface area contributed by atoms with Crippen molar-refractivity contribution in [1.29, 1.82) is 0 Å². The summed E-state index contributed by atoms with van der Waals surface area (Å²) in [7, 11) is 3.07. The van der Waals surface area contributed by atoms with E-state index in [1.807, 2.05) is 0 Å². The van der Waals surface area contributed by atoms with E-state index in [0.29, 0.717) is 12.9 Å². The number of carbonyl (C=O) groups is 2. The Labute approximate surface area is 231 Å². The first-order valence-corrected chi connectivity index (χ1v) is 12.4. The number of hydrogen-bond donors (Lipinski definition) is 0. The first-order chi connectivity index (χ1) is 19.0. The van der Waals surface area contributed by atoms with E-state index in [-0.39, 0.29) is 16.1 Å². The van der Waals surface area contributed by atoms with Gasteiger partial charge in [0.05, 0.1) is 29.3 Å². The van der Waals surface area contributed by atoms with Crippen LogP contribution in [0.4, 0.5) is 18.9 Å². The number of carbonyl (C=O) groups excluding carboxylic acids is 2. The second-order valence-electron chi connectivity index (χ2n) is 8.13. The Morgan fingerprint density at radius 2 is 1.50 bits per heavy atom. The molecule has 212 valence electrons. The minimum atomic E-state index is -5.30. The Hall–Kier alpha value is -4.10. The van der Waals surface area contributed by atoms with Gasteiger partial charge in [0.2, 0.25) is 6.10 Å². The number of ether oxygens (including phenoxy) is 4. The number of para-hydroxylation sites is 1. The SMILES string of the molecule is COC(=O)[C@H](OC(=O)[C@](OC)(c1ccccc1)C(F)(F)F)[C@@H](Sc1ccccc1[N+](=O)[O-])c1ccc(OC)cc1. The number of halogens is 3. The molecular formula is C27H24F3NO8S. The predicted molar refractivity (Wildman–Crippen MR) is 138 cm³/mol. The van der Waals surface area contributed by atoms with Crippen LogP contribution in [0.2, 0.25) is 0 Å². The van der Waals surface area contributed by atoms with Gasteiger partial charge in [-0.25, -0.2) is 9.59 Å². The van der Waals surface area contributed by atoms with Crippen molar-refractivity contribution >= 4 is 29.4 Å². The number of benzene rings is 3. The van der Waals surface area contributed by atoms with Crippen molar-refractivity contribution in [2.45, 2.75) is 28.0 Å². The molecule has 40 heavy (non-hydrogen) atoms. The molecule has 3 rings (SSSR count). The molecule has 0 aliphatic heterocycles. The molecule has 0 unspecified atom stereocenters. The minimum Gasteiger partial charge on any atom is -0.497 e. The maximum absolute atomic E-state index is 14.5. The normalized spacial score (nSPS) is 14.3. The van der Waals surface area contributed by atoms with E-state index >= 15 is 0 Å². The highest BCUT2D eigenvalue weighted by Crippen LogP contribution is 2.46.